The molecular weight excluding hydrogens is 198 g/mol. The van der Waals surface area contributed by atoms with Crippen molar-refractivity contribution in [3.63, 3.8) is 0 Å². The van der Waals surface area contributed by atoms with Crippen molar-refractivity contribution in [3.8, 4) is 5.75 Å². The second-order valence-corrected chi connectivity index (χ2v) is 3.83. The summed E-state index contributed by atoms with van der Waals surface area (Å²) in [4.78, 5) is 0. The first-order valence-electron chi connectivity index (χ1n) is 4.89. The van der Waals surface area contributed by atoms with Crippen molar-refractivity contribution in [1.29, 1.82) is 0 Å². The van der Waals surface area contributed by atoms with E-state index in [0.717, 1.165) is 24.8 Å². The quantitative estimate of drug-likeness (QED) is 0.807. The molecule has 14 heavy (non-hydrogen) atoms. The highest BCUT2D eigenvalue weighted by Crippen LogP contribution is 2.32. The Labute approximate surface area is 89.7 Å². The molecule has 0 spiro atoms. The molecule has 0 fully saturated rings. The molecule has 0 unspecified atom stereocenters. The number of rotatable bonds is 4. The molecule has 78 valence electrons. The second-order valence-electron chi connectivity index (χ2n) is 3.43. The maximum Gasteiger partial charge on any atom is 0.138 e. The Kier molecular flexibility index (Phi) is 4.23. The zero-order valence-electron chi connectivity index (χ0n) is 8.33. The highest BCUT2D eigenvalue weighted by molar-refractivity contribution is 6.32. The Morgan fingerprint density at radius 2 is 2.21 bits per heavy atom. The van der Waals surface area contributed by atoms with Crippen LogP contribution in [0, 0.1) is 0 Å². The summed E-state index contributed by atoms with van der Waals surface area (Å²) in [6, 6.07) is 5.17. The van der Waals surface area contributed by atoms with Gasteiger partial charge < -0.3 is 10.8 Å². The molecule has 3 N–H and O–H groups in total. The molecule has 0 bridgehead atoms. The summed E-state index contributed by atoms with van der Waals surface area (Å²) >= 11 is 5.79. The van der Waals surface area contributed by atoms with Crippen LogP contribution in [0.2, 0.25) is 5.02 Å². The van der Waals surface area contributed by atoms with Crippen molar-refractivity contribution in [1.82, 2.24) is 0 Å². The van der Waals surface area contributed by atoms with Crippen molar-refractivity contribution < 1.29 is 5.11 Å². The predicted octanol–water partition coefficient (Wildman–Crippen LogP) is 3.24. The van der Waals surface area contributed by atoms with Crippen LogP contribution in [-0.4, -0.2) is 5.11 Å². The topological polar surface area (TPSA) is 46.2 Å². The van der Waals surface area contributed by atoms with Crippen LogP contribution >= 0.6 is 11.6 Å². The van der Waals surface area contributed by atoms with E-state index in [1.807, 2.05) is 12.1 Å². The van der Waals surface area contributed by atoms with Gasteiger partial charge in [0.25, 0.3) is 0 Å². The van der Waals surface area contributed by atoms with Gasteiger partial charge >= 0.3 is 0 Å². The van der Waals surface area contributed by atoms with Crippen molar-refractivity contribution in [3.05, 3.63) is 28.8 Å². The first kappa shape index (κ1) is 11.3. The van der Waals surface area contributed by atoms with Gasteiger partial charge in [-0.3, -0.25) is 0 Å². The number of phenols is 1. The molecule has 1 aromatic rings. The van der Waals surface area contributed by atoms with E-state index in [0.29, 0.717) is 5.02 Å². The molecule has 0 aliphatic heterocycles. The lowest BCUT2D eigenvalue weighted by atomic mass is 10.0. The van der Waals surface area contributed by atoms with Crippen molar-refractivity contribution >= 4 is 11.6 Å². The van der Waals surface area contributed by atoms with Crippen LogP contribution in [0.5, 0.6) is 5.75 Å². The Morgan fingerprint density at radius 3 is 2.86 bits per heavy atom. The van der Waals surface area contributed by atoms with Crippen LogP contribution in [0.15, 0.2) is 18.2 Å². The average Bonchev–Trinajstić information content (AvgIpc) is 2.18. The summed E-state index contributed by atoms with van der Waals surface area (Å²) in [5.74, 6) is 0.123. The average molecular weight is 214 g/mol. The van der Waals surface area contributed by atoms with Gasteiger partial charge in [0.05, 0.1) is 5.02 Å². The zero-order chi connectivity index (χ0) is 10.6. The van der Waals surface area contributed by atoms with Gasteiger partial charge in [-0.2, -0.15) is 0 Å². The molecule has 1 atom stereocenters. The highest BCUT2D eigenvalue weighted by Gasteiger charge is 2.11. The number of para-hydroxylation sites is 1. The molecule has 0 aromatic heterocycles. The molecule has 0 saturated carbocycles. The van der Waals surface area contributed by atoms with Gasteiger partial charge in [0.1, 0.15) is 5.75 Å². The number of hydrogen-bond donors (Lipinski definition) is 2. The third kappa shape index (κ3) is 2.63. The third-order valence-corrected chi connectivity index (χ3v) is 2.59. The monoisotopic (exact) mass is 213 g/mol. The SMILES string of the molecule is CCCC[C@H](N)c1cccc(Cl)c1O. The summed E-state index contributed by atoms with van der Waals surface area (Å²) < 4.78 is 0. The number of phenolic OH excluding ortho intramolecular Hbond substituents is 1. The molecule has 0 saturated heterocycles. The molecule has 0 radical (unpaired) electrons. The third-order valence-electron chi connectivity index (χ3n) is 2.29. The Balaban J connectivity index is 2.79. The summed E-state index contributed by atoms with van der Waals surface area (Å²) in [5, 5.41) is 10.0. The van der Waals surface area contributed by atoms with Crippen LogP contribution in [-0.2, 0) is 0 Å². The van der Waals surface area contributed by atoms with E-state index in [1.165, 1.54) is 0 Å². The highest BCUT2D eigenvalue weighted by atomic mass is 35.5. The number of unbranched alkanes of at least 4 members (excludes halogenated alkanes) is 1. The summed E-state index contributed by atoms with van der Waals surface area (Å²) in [6.45, 7) is 2.12. The van der Waals surface area contributed by atoms with Crippen molar-refractivity contribution in [2.75, 3.05) is 0 Å². The van der Waals surface area contributed by atoms with Gasteiger partial charge in [-0.05, 0) is 12.5 Å². The first-order chi connectivity index (χ1) is 6.66. The molecule has 1 rings (SSSR count). The second kappa shape index (κ2) is 5.23. The number of benzene rings is 1. The summed E-state index contributed by atoms with van der Waals surface area (Å²) in [6.07, 6.45) is 3.05. The minimum absolute atomic E-state index is 0.117. The lowest BCUT2D eigenvalue weighted by Gasteiger charge is -2.13. The van der Waals surface area contributed by atoms with Gasteiger partial charge in [0, 0.05) is 11.6 Å². The lowest BCUT2D eigenvalue weighted by Crippen LogP contribution is -2.10. The van der Waals surface area contributed by atoms with E-state index in [2.05, 4.69) is 6.92 Å². The number of nitrogens with two attached hydrogens (primary N) is 1. The van der Waals surface area contributed by atoms with Gasteiger partial charge in [-0.15, -0.1) is 0 Å². The summed E-state index contributed by atoms with van der Waals surface area (Å²) in [7, 11) is 0. The largest absolute Gasteiger partial charge is 0.506 e. The van der Waals surface area contributed by atoms with Crippen LogP contribution in [0.4, 0.5) is 0 Å². The Hall–Kier alpha value is -0.730. The number of aromatic hydroxyl groups is 1. The van der Waals surface area contributed by atoms with Gasteiger partial charge in [0.2, 0.25) is 0 Å². The van der Waals surface area contributed by atoms with Gasteiger partial charge in [-0.25, -0.2) is 0 Å². The summed E-state index contributed by atoms with van der Waals surface area (Å²) in [5.41, 5.74) is 6.67. The van der Waals surface area contributed by atoms with E-state index < -0.39 is 0 Å². The zero-order valence-corrected chi connectivity index (χ0v) is 9.09. The smallest absolute Gasteiger partial charge is 0.138 e. The molecule has 0 aliphatic rings. The predicted molar refractivity (Wildman–Crippen MR) is 59.6 cm³/mol. The minimum Gasteiger partial charge on any atom is -0.506 e. The van der Waals surface area contributed by atoms with Crippen molar-refractivity contribution in [2.45, 2.75) is 32.2 Å². The maximum atomic E-state index is 9.66. The van der Waals surface area contributed by atoms with Crippen LogP contribution in [0.3, 0.4) is 0 Å². The van der Waals surface area contributed by atoms with Gasteiger partial charge in [0.15, 0.2) is 0 Å². The number of hydrogen-bond acceptors (Lipinski definition) is 2. The van der Waals surface area contributed by atoms with Gasteiger partial charge in [-0.1, -0.05) is 43.5 Å². The molecule has 0 aliphatic carbocycles. The van der Waals surface area contributed by atoms with Crippen LogP contribution in [0.1, 0.15) is 37.8 Å². The standard InChI is InChI=1S/C11H16ClNO/c1-2-3-7-10(13)8-5-4-6-9(12)11(8)14/h4-6,10,14H,2-3,7,13H2,1H3/t10-/m0/s1. The fourth-order valence-electron chi connectivity index (χ4n) is 1.41. The Bertz CT molecular complexity index is 301. The Morgan fingerprint density at radius 1 is 1.50 bits per heavy atom. The molecule has 0 amide bonds. The van der Waals surface area contributed by atoms with E-state index >= 15 is 0 Å². The fourth-order valence-corrected chi connectivity index (χ4v) is 1.59. The van der Waals surface area contributed by atoms with Crippen LogP contribution < -0.4 is 5.73 Å². The van der Waals surface area contributed by atoms with E-state index in [9.17, 15) is 5.11 Å². The molecule has 2 nitrogen and oxygen atoms in total. The maximum absolute atomic E-state index is 9.66. The molecular formula is C11H16ClNO. The first-order valence-corrected chi connectivity index (χ1v) is 5.27. The van der Waals surface area contributed by atoms with E-state index in [1.54, 1.807) is 6.07 Å². The fraction of sp³-hybridized carbons (Fsp3) is 0.455. The normalized spacial score (nSPS) is 12.8. The molecule has 3 heteroatoms. The van der Waals surface area contributed by atoms with Crippen molar-refractivity contribution in [2.24, 2.45) is 5.73 Å². The van der Waals surface area contributed by atoms with E-state index in [-0.39, 0.29) is 11.8 Å². The molecule has 1 aromatic carbocycles. The minimum atomic E-state index is -0.117. The number of halogens is 1. The van der Waals surface area contributed by atoms with Crippen LogP contribution in [0.25, 0.3) is 0 Å². The van der Waals surface area contributed by atoms with E-state index in [4.69, 9.17) is 17.3 Å². The lowest BCUT2D eigenvalue weighted by molar-refractivity contribution is 0.457. The molecule has 0 heterocycles.